The summed E-state index contributed by atoms with van der Waals surface area (Å²) in [7, 11) is 0. The van der Waals surface area contributed by atoms with Crippen LogP contribution in [0.5, 0.6) is 0 Å². The molecule has 0 bridgehead atoms. The molecule has 196 valence electrons. The van der Waals surface area contributed by atoms with Gasteiger partial charge in [0.05, 0.1) is 6.42 Å². The van der Waals surface area contributed by atoms with Gasteiger partial charge < -0.3 is 5.11 Å². The maximum Gasteiger partial charge on any atom is 0.460 e. The fraction of sp³-hybridized carbons (Fsp3) is 0.400. The molecule has 0 aliphatic heterocycles. The Morgan fingerprint density at radius 1 is 0.571 bits per heavy atom. The van der Waals surface area contributed by atoms with Gasteiger partial charge in [-0.2, -0.15) is 57.1 Å². The van der Waals surface area contributed by atoms with Crippen LogP contribution in [0, 0.1) is 0 Å². The van der Waals surface area contributed by atoms with Crippen LogP contribution in [-0.2, 0) is 5.60 Å². The van der Waals surface area contributed by atoms with E-state index in [-0.39, 0.29) is 4.47 Å². The molecule has 0 radical (unpaired) electrons. The van der Waals surface area contributed by atoms with E-state index in [0.717, 1.165) is 42.5 Å². The van der Waals surface area contributed by atoms with Crippen LogP contribution in [0.4, 0.5) is 57.1 Å². The zero-order valence-corrected chi connectivity index (χ0v) is 18.2. The van der Waals surface area contributed by atoms with Gasteiger partial charge in [0, 0.05) is 10.0 Å². The lowest BCUT2D eigenvalue weighted by molar-refractivity contribution is -0.441. The van der Waals surface area contributed by atoms with E-state index in [1.54, 1.807) is 0 Å². The minimum absolute atomic E-state index is 0.244. The lowest BCUT2D eigenvalue weighted by Crippen LogP contribution is -2.70. The number of halogens is 14. The molecule has 0 saturated heterocycles. The lowest BCUT2D eigenvalue weighted by Gasteiger charge is -2.42. The average Bonchev–Trinajstić information content (AvgIpc) is 2.72. The molecule has 2 aromatic carbocycles. The maximum absolute atomic E-state index is 14.6. The SMILES string of the molecule is OC(CC(F)(F)C(F)(F)C(F)(F)C(F)(F)C(F)(F)C(F)(F)F)(c1ccccc1)c1ccccc1Br. The van der Waals surface area contributed by atoms with Crippen LogP contribution >= 0.6 is 15.9 Å². The first-order valence-corrected chi connectivity index (χ1v) is 9.86. The molecule has 0 fully saturated rings. The van der Waals surface area contributed by atoms with Crippen molar-refractivity contribution >= 4 is 15.9 Å². The molecule has 2 aromatic rings. The first kappa shape index (κ1) is 29.2. The summed E-state index contributed by atoms with van der Waals surface area (Å²) in [5.41, 5.74) is -4.64. The summed E-state index contributed by atoms with van der Waals surface area (Å²) >= 11 is 2.82. The molecule has 35 heavy (non-hydrogen) atoms. The van der Waals surface area contributed by atoms with Gasteiger partial charge in [0.1, 0.15) is 5.60 Å². The van der Waals surface area contributed by atoms with E-state index in [1.165, 1.54) is 12.1 Å². The van der Waals surface area contributed by atoms with Crippen LogP contribution in [-0.4, -0.2) is 40.9 Å². The van der Waals surface area contributed by atoms with Crippen molar-refractivity contribution in [2.24, 2.45) is 0 Å². The van der Waals surface area contributed by atoms with E-state index >= 15 is 0 Å². The fourth-order valence-corrected chi connectivity index (χ4v) is 3.71. The van der Waals surface area contributed by atoms with Crippen molar-refractivity contribution in [2.45, 2.75) is 47.8 Å². The van der Waals surface area contributed by atoms with E-state index < -0.39 is 58.9 Å². The highest BCUT2D eigenvalue weighted by Crippen LogP contribution is 2.61. The molecule has 0 spiro atoms. The highest BCUT2D eigenvalue weighted by molar-refractivity contribution is 9.10. The Bertz CT molecular complexity index is 1040. The number of aliphatic hydroxyl groups is 1. The van der Waals surface area contributed by atoms with Crippen LogP contribution in [0.3, 0.4) is 0 Å². The quantitative estimate of drug-likeness (QED) is 0.309. The van der Waals surface area contributed by atoms with Crippen LogP contribution in [0.25, 0.3) is 0 Å². The maximum atomic E-state index is 14.6. The van der Waals surface area contributed by atoms with Gasteiger partial charge in [-0.15, -0.1) is 0 Å². The fourth-order valence-electron chi connectivity index (χ4n) is 3.10. The summed E-state index contributed by atoms with van der Waals surface area (Å²) in [6.07, 6.45) is -10.3. The number of hydrogen-bond acceptors (Lipinski definition) is 1. The number of rotatable bonds is 8. The number of hydrogen-bond donors (Lipinski definition) is 1. The molecular formula is C20H12BrF13O. The van der Waals surface area contributed by atoms with Crippen molar-refractivity contribution < 1.29 is 62.2 Å². The molecule has 0 aliphatic carbocycles. The van der Waals surface area contributed by atoms with Gasteiger partial charge in [0.25, 0.3) is 0 Å². The van der Waals surface area contributed by atoms with Gasteiger partial charge in [-0.05, 0) is 11.6 Å². The molecule has 1 unspecified atom stereocenters. The molecule has 0 aromatic heterocycles. The van der Waals surface area contributed by atoms with Crippen molar-refractivity contribution in [1.82, 2.24) is 0 Å². The average molecular weight is 595 g/mol. The van der Waals surface area contributed by atoms with Crippen LogP contribution in [0.1, 0.15) is 17.5 Å². The second-order valence-electron chi connectivity index (χ2n) is 7.38. The Labute approximate surface area is 196 Å². The third-order valence-electron chi connectivity index (χ3n) is 5.05. The molecule has 15 heteroatoms. The lowest BCUT2D eigenvalue weighted by atomic mass is 9.79. The molecule has 0 saturated carbocycles. The van der Waals surface area contributed by atoms with Crippen molar-refractivity contribution in [1.29, 1.82) is 0 Å². The third kappa shape index (κ3) is 4.49. The first-order valence-electron chi connectivity index (χ1n) is 9.06. The minimum Gasteiger partial charge on any atom is -0.380 e. The van der Waals surface area contributed by atoms with Crippen LogP contribution in [0.2, 0.25) is 0 Å². The molecule has 1 N–H and O–H groups in total. The molecule has 1 nitrogen and oxygen atoms in total. The highest BCUT2D eigenvalue weighted by Gasteiger charge is 2.90. The van der Waals surface area contributed by atoms with Crippen molar-refractivity contribution in [3.8, 4) is 0 Å². The zero-order valence-electron chi connectivity index (χ0n) is 16.6. The standard InChI is InChI=1S/C20H12BrF13O/c21-13-9-5-4-8-12(13)14(35,11-6-2-1-3-7-11)10-15(22,23)16(24,25)17(26,27)18(28,29)19(30,31)20(32,33)34/h1-9,35H,10H2. The zero-order chi connectivity index (χ0) is 27.3. The summed E-state index contributed by atoms with van der Waals surface area (Å²) in [5.74, 6) is -37.7. The Hall–Kier alpha value is -2.03. The van der Waals surface area contributed by atoms with Crippen molar-refractivity contribution in [3.05, 3.63) is 70.2 Å². The van der Waals surface area contributed by atoms with E-state index in [1.807, 2.05) is 0 Å². The Balaban J connectivity index is 2.69. The monoisotopic (exact) mass is 594 g/mol. The molecule has 0 amide bonds. The minimum atomic E-state index is -8.01. The predicted molar refractivity (Wildman–Crippen MR) is 99.0 cm³/mol. The largest absolute Gasteiger partial charge is 0.460 e. The van der Waals surface area contributed by atoms with Gasteiger partial charge in [0.15, 0.2) is 0 Å². The summed E-state index contributed by atoms with van der Waals surface area (Å²) in [6.45, 7) is 0. The molecule has 2 rings (SSSR count). The Morgan fingerprint density at radius 3 is 1.46 bits per heavy atom. The van der Waals surface area contributed by atoms with Gasteiger partial charge >= 0.3 is 35.8 Å². The van der Waals surface area contributed by atoms with Crippen LogP contribution < -0.4 is 0 Å². The summed E-state index contributed by atoms with van der Waals surface area (Å²) in [6, 6.07) is 9.54. The van der Waals surface area contributed by atoms with Crippen molar-refractivity contribution in [3.63, 3.8) is 0 Å². The van der Waals surface area contributed by atoms with Gasteiger partial charge in [-0.25, -0.2) is 0 Å². The molecular weight excluding hydrogens is 583 g/mol. The van der Waals surface area contributed by atoms with E-state index in [4.69, 9.17) is 0 Å². The normalized spacial score (nSPS) is 16.2. The number of benzene rings is 2. The van der Waals surface area contributed by atoms with E-state index in [0.29, 0.717) is 0 Å². The second kappa shape index (κ2) is 8.82. The Kier molecular flexibility index (Phi) is 7.36. The predicted octanol–water partition coefficient (Wildman–Crippen LogP) is 7.81. The van der Waals surface area contributed by atoms with E-state index in [2.05, 4.69) is 15.9 Å². The first-order chi connectivity index (χ1) is 15.6. The topological polar surface area (TPSA) is 20.2 Å². The summed E-state index contributed by atoms with van der Waals surface area (Å²) < 4.78 is 175. The molecule has 0 aliphatic rings. The Morgan fingerprint density at radius 2 is 1.00 bits per heavy atom. The van der Waals surface area contributed by atoms with Gasteiger partial charge in [-0.1, -0.05) is 64.5 Å². The van der Waals surface area contributed by atoms with E-state index in [9.17, 15) is 62.2 Å². The van der Waals surface area contributed by atoms with Crippen molar-refractivity contribution in [2.75, 3.05) is 0 Å². The van der Waals surface area contributed by atoms with Gasteiger partial charge in [0.2, 0.25) is 0 Å². The summed E-state index contributed by atoms with van der Waals surface area (Å²) in [5, 5.41) is 11.0. The summed E-state index contributed by atoms with van der Waals surface area (Å²) in [4.78, 5) is 0. The highest BCUT2D eigenvalue weighted by atomic mass is 79.9. The van der Waals surface area contributed by atoms with Gasteiger partial charge in [-0.3, -0.25) is 0 Å². The number of alkyl halides is 13. The second-order valence-corrected chi connectivity index (χ2v) is 8.24. The molecule has 0 heterocycles. The third-order valence-corrected chi connectivity index (χ3v) is 5.74. The molecule has 1 atom stereocenters. The van der Waals surface area contributed by atoms with Crippen LogP contribution in [0.15, 0.2) is 59.1 Å². The smallest absolute Gasteiger partial charge is 0.380 e.